The van der Waals surface area contributed by atoms with E-state index in [1.807, 2.05) is 19.1 Å². The lowest BCUT2D eigenvalue weighted by Gasteiger charge is -2.23. The van der Waals surface area contributed by atoms with E-state index in [2.05, 4.69) is 0 Å². The normalized spacial score (nSPS) is 17.4. The number of carbonyl (C=O) groups is 1. The van der Waals surface area contributed by atoms with Gasteiger partial charge < -0.3 is 9.47 Å². The fraction of sp³-hybridized carbons (Fsp3) is 0.333. The molecule has 1 unspecified atom stereocenters. The quantitative estimate of drug-likeness (QED) is 0.727. The average molecular weight is 417 g/mol. The Morgan fingerprint density at radius 2 is 2.04 bits per heavy atom. The molecule has 2 aromatic rings. The number of benzene rings is 1. The van der Waals surface area contributed by atoms with Crippen LogP contribution in [-0.4, -0.2) is 22.3 Å². The molecule has 1 atom stereocenters. The lowest BCUT2D eigenvalue weighted by molar-refractivity contribution is -0.138. The second kappa shape index (κ2) is 7.59. The number of nitrogens with zero attached hydrogens (tertiary/aromatic N) is 2. The summed E-state index contributed by atoms with van der Waals surface area (Å²) >= 11 is 7.30. The smallest absolute Gasteiger partial charge is 0.310 e. The third-order valence-corrected chi connectivity index (χ3v) is 5.73. The van der Waals surface area contributed by atoms with E-state index in [9.17, 15) is 22.8 Å². The number of para-hydroxylation sites is 1. The fourth-order valence-corrected chi connectivity index (χ4v) is 4.19. The van der Waals surface area contributed by atoms with Crippen LogP contribution in [-0.2, 0) is 17.5 Å². The molecule has 0 N–H and O–H groups in total. The van der Waals surface area contributed by atoms with Gasteiger partial charge in [-0.2, -0.15) is 13.2 Å². The van der Waals surface area contributed by atoms with Crippen LogP contribution in [0.25, 0.3) is 0 Å². The van der Waals surface area contributed by atoms with Crippen molar-refractivity contribution < 1.29 is 18.0 Å². The molecule has 3 rings (SSSR count). The minimum atomic E-state index is -4.66. The van der Waals surface area contributed by atoms with Gasteiger partial charge in [-0.15, -0.1) is 11.8 Å². The van der Waals surface area contributed by atoms with Crippen molar-refractivity contribution in [1.82, 2.24) is 4.57 Å². The molecule has 0 fully saturated rings. The number of fused-ring (bicyclic) bond motifs is 1. The second-order valence-corrected chi connectivity index (χ2v) is 8.13. The van der Waals surface area contributed by atoms with Crippen molar-refractivity contribution in [2.45, 2.75) is 36.2 Å². The molecule has 0 saturated heterocycles. The van der Waals surface area contributed by atoms with Crippen LogP contribution >= 0.6 is 23.4 Å². The first kappa shape index (κ1) is 19.8. The molecule has 0 radical (unpaired) electrons. The second-order valence-electron chi connectivity index (χ2n) is 6.24. The van der Waals surface area contributed by atoms with Crippen molar-refractivity contribution in [3.63, 3.8) is 0 Å². The predicted molar refractivity (Wildman–Crippen MR) is 99.4 cm³/mol. The molecule has 1 amide bonds. The maximum atomic E-state index is 13.0. The van der Waals surface area contributed by atoms with Crippen LogP contribution in [0.5, 0.6) is 0 Å². The molecule has 0 saturated carbocycles. The van der Waals surface area contributed by atoms with E-state index in [0.717, 1.165) is 15.9 Å². The predicted octanol–water partition coefficient (Wildman–Crippen LogP) is 4.44. The highest BCUT2D eigenvalue weighted by molar-refractivity contribution is 8.00. The SMILES string of the molecule is CC1CCN(C(=O)Cn2cc(C(F)(F)F)cc(Cl)c2=O)c2ccccc2S1. The number of hydrogen-bond donors (Lipinski definition) is 0. The first-order chi connectivity index (χ1) is 12.7. The minimum Gasteiger partial charge on any atom is -0.310 e. The molecule has 0 bridgehead atoms. The van der Waals surface area contributed by atoms with Crippen molar-refractivity contribution in [2.75, 3.05) is 11.4 Å². The molecule has 4 nitrogen and oxygen atoms in total. The van der Waals surface area contributed by atoms with Crippen molar-refractivity contribution in [2.24, 2.45) is 0 Å². The molecule has 9 heteroatoms. The van der Waals surface area contributed by atoms with Crippen molar-refractivity contribution >= 4 is 35.0 Å². The van der Waals surface area contributed by atoms with Gasteiger partial charge in [-0.3, -0.25) is 9.59 Å². The Bertz CT molecular complexity index is 930. The lowest BCUT2D eigenvalue weighted by atomic mass is 10.2. The zero-order valence-corrected chi connectivity index (χ0v) is 15.9. The van der Waals surface area contributed by atoms with E-state index in [4.69, 9.17) is 11.6 Å². The Hall–Kier alpha value is -1.93. The summed E-state index contributed by atoms with van der Waals surface area (Å²) in [5.74, 6) is -0.463. The van der Waals surface area contributed by atoms with Crippen LogP contribution in [0, 0.1) is 0 Å². The van der Waals surface area contributed by atoms with Gasteiger partial charge in [0, 0.05) is 22.9 Å². The van der Waals surface area contributed by atoms with E-state index in [-0.39, 0.29) is 5.25 Å². The lowest BCUT2D eigenvalue weighted by Crippen LogP contribution is -2.37. The van der Waals surface area contributed by atoms with Gasteiger partial charge in [0.05, 0.1) is 11.3 Å². The molecule has 0 spiro atoms. The number of halogens is 4. The van der Waals surface area contributed by atoms with Crippen molar-refractivity contribution in [1.29, 1.82) is 0 Å². The van der Waals surface area contributed by atoms with E-state index in [1.54, 1.807) is 23.9 Å². The minimum absolute atomic E-state index is 0.287. The van der Waals surface area contributed by atoms with Crippen LogP contribution in [0.15, 0.2) is 46.2 Å². The standard InChI is InChI=1S/C18H16ClF3N2O2S/c1-11-6-7-24(14-4-2-3-5-15(14)27-11)16(25)10-23-9-12(18(20,21)22)8-13(19)17(23)26/h2-5,8-9,11H,6-7,10H2,1H3. The first-order valence-corrected chi connectivity index (χ1v) is 9.46. The molecule has 1 aromatic heterocycles. The topological polar surface area (TPSA) is 42.3 Å². The Kier molecular flexibility index (Phi) is 5.58. The maximum Gasteiger partial charge on any atom is 0.417 e. The summed E-state index contributed by atoms with van der Waals surface area (Å²) in [6.07, 6.45) is -3.31. The monoisotopic (exact) mass is 416 g/mol. The first-order valence-electron chi connectivity index (χ1n) is 8.20. The van der Waals surface area contributed by atoms with Crippen molar-refractivity contribution in [3.8, 4) is 0 Å². The third kappa shape index (κ3) is 4.32. The third-order valence-electron chi connectivity index (χ3n) is 4.22. The zero-order chi connectivity index (χ0) is 19.8. The average Bonchev–Trinajstić information content (AvgIpc) is 2.76. The van der Waals surface area contributed by atoms with Crippen LogP contribution in [0.1, 0.15) is 18.9 Å². The summed E-state index contributed by atoms with van der Waals surface area (Å²) in [5.41, 5.74) is -1.20. The van der Waals surface area contributed by atoms with Gasteiger partial charge in [0.2, 0.25) is 5.91 Å². The summed E-state index contributed by atoms with van der Waals surface area (Å²) < 4.78 is 39.7. The highest BCUT2D eigenvalue weighted by atomic mass is 35.5. The maximum absolute atomic E-state index is 13.0. The largest absolute Gasteiger partial charge is 0.417 e. The molecule has 1 aliphatic heterocycles. The van der Waals surface area contributed by atoms with E-state index < -0.39 is 34.8 Å². The van der Waals surface area contributed by atoms with E-state index in [0.29, 0.717) is 24.5 Å². The summed E-state index contributed by atoms with van der Waals surface area (Å²) in [6.45, 7) is 1.95. The van der Waals surface area contributed by atoms with Gasteiger partial charge in [-0.1, -0.05) is 30.7 Å². The van der Waals surface area contributed by atoms with Crippen LogP contribution in [0.4, 0.5) is 18.9 Å². The number of anilines is 1. The number of alkyl halides is 3. The number of pyridine rings is 1. The molecular weight excluding hydrogens is 401 g/mol. The number of hydrogen-bond acceptors (Lipinski definition) is 3. The van der Waals surface area contributed by atoms with Gasteiger partial charge in [0.1, 0.15) is 11.6 Å². The fourth-order valence-electron chi connectivity index (χ4n) is 2.85. The summed E-state index contributed by atoms with van der Waals surface area (Å²) in [5, 5.41) is -0.284. The molecule has 144 valence electrons. The zero-order valence-electron chi connectivity index (χ0n) is 14.3. The molecule has 2 heterocycles. The van der Waals surface area contributed by atoms with Gasteiger partial charge >= 0.3 is 6.18 Å². The van der Waals surface area contributed by atoms with Gasteiger partial charge in [-0.25, -0.2) is 0 Å². The summed E-state index contributed by atoms with van der Waals surface area (Å²) in [4.78, 5) is 27.4. The highest BCUT2D eigenvalue weighted by Crippen LogP contribution is 2.37. The number of carbonyl (C=O) groups excluding carboxylic acids is 1. The van der Waals surface area contributed by atoms with E-state index >= 15 is 0 Å². The van der Waals surface area contributed by atoms with Crippen LogP contribution in [0.3, 0.4) is 0 Å². The van der Waals surface area contributed by atoms with E-state index in [1.165, 1.54) is 4.90 Å². The summed E-state index contributed by atoms with van der Waals surface area (Å²) in [6, 6.07) is 7.92. The number of rotatable bonds is 2. The Morgan fingerprint density at radius 3 is 2.74 bits per heavy atom. The Labute approximate surface area is 162 Å². The number of aromatic nitrogens is 1. The van der Waals surface area contributed by atoms with Crippen LogP contribution in [0.2, 0.25) is 5.02 Å². The van der Waals surface area contributed by atoms with Gasteiger partial charge in [0.15, 0.2) is 0 Å². The van der Waals surface area contributed by atoms with Gasteiger partial charge in [-0.05, 0) is 24.6 Å². The molecule has 27 heavy (non-hydrogen) atoms. The molecule has 1 aromatic carbocycles. The number of thioether (sulfide) groups is 1. The van der Waals surface area contributed by atoms with Gasteiger partial charge in [0.25, 0.3) is 5.56 Å². The Morgan fingerprint density at radius 1 is 1.33 bits per heavy atom. The summed E-state index contributed by atoms with van der Waals surface area (Å²) in [7, 11) is 0. The highest BCUT2D eigenvalue weighted by Gasteiger charge is 2.32. The molecular formula is C18H16ClF3N2O2S. The molecule has 1 aliphatic rings. The Balaban J connectivity index is 1.94. The van der Waals surface area contributed by atoms with Crippen molar-refractivity contribution in [3.05, 3.63) is 57.5 Å². The van der Waals surface area contributed by atoms with Crippen LogP contribution < -0.4 is 10.5 Å². The number of amides is 1. The molecule has 0 aliphatic carbocycles.